The predicted molar refractivity (Wildman–Crippen MR) is 41.1 cm³/mol. The molecule has 56 valence electrons. The number of rotatable bonds is 1. The second kappa shape index (κ2) is 2.30. The van der Waals surface area contributed by atoms with Gasteiger partial charge in [-0.25, -0.2) is 9.97 Å². The van der Waals surface area contributed by atoms with E-state index in [4.69, 9.17) is 0 Å². The van der Waals surface area contributed by atoms with Crippen LogP contribution in [0.4, 0.5) is 0 Å². The van der Waals surface area contributed by atoms with Gasteiger partial charge in [0.25, 0.3) is 0 Å². The average Bonchev–Trinajstić information content (AvgIpc) is 2.47. The summed E-state index contributed by atoms with van der Waals surface area (Å²) in [5, 5.41) is 6.88. The lowest BCUT2D eigenvalue weighted by Gasteiger charge is -1.87. The molecule has 0 saturated heterocycles. The number of aromatic nitrogens is 4. The average molecular weight is 148 g/mol. The molecular formula is C7H8N4. The Morgan fingerprint density at radius 3 is 3.00 bits per heavy atom. The van der Waals surface area contributed by atoms with Crippen LogP contribution in [0.25, 0.3) is 11.2 Å². The van der Waals surface area contributed by atoms with Crippen LogP contribution in [0.5, 0.6) is 0 Å². The summed E-state index contributed by atoms with van der Waals surface area (Å²) in [6.07, 6.45) is 4.23. The maximum absolute atomic E-state index is 4.16. The largest absolute Gasteiger partial charge is 0.278 e. The first-order chi connectivity index (χ1) is 5.42. The summed E-state index contributed by atoms with van der Waals surface area (Å²) in [5.74, 6) is 0. The van der Waals surface area contributed by atoms with E-state index in [0.29, 0.717) is 5.65 Å². The monoisotopic (exact) mass is 148 g/mol. The third-order valence-corrected chi connectivity index (χ3v) is 1.62. The SMILES string of the molecule is CCc1[nH]nc2nccnc12. The number of hydrogen-bond donors (Lipinski definition) is 1. The Morgan fingerprint density at radius 1 is 1.36 bits per heavy atom. The molecule has 0 atom stereocenters. The molecule has 4 heteroatoms. The number of aryl methyl sites for hydroxylation is 1. The van der Waals surface area contributed by atoms with Crippen LogP contribution in [0.3, 0.4) is 0 Å². The zero-order chi connectivity index (χ0) is 7.68. The molecule has 0 spiro atoms. The smallest absolute Gasteiger partial charge is 0.199 e. The van der Waals surface area contributed by atoms with E-state index in [1.54, 1.807) is 12.4 Å². The highest BCUT2D eigenvalue weighted by atomic mass is 15.2. The number of nitrogens with one attached hydrogen (secondary N) is 1. The van der Waals surface area contributed by atoms with Gasteiger partial charge >= 0.3 is 0 Å². The van der Waals surface area contributed by atoms with Gasteiger partial charge in [0.1, 0.15) is 5.52 Å². The fourth-order valence-corrected chi connectivity index (χ4v) is 1.05. The first kappa shape index (κ1) is 6.27. The Morgan fingerprint density at radius 2 is 2.18 bits per heavy atom. The third kappa shape index (κ3) is 0.869. The van der Waals surface area contributed by atoms with Crippen LogP contribution in [0.2, 0.25) is 0 Å². The molecule has 11 heavy (non-hydrogen) atoms. The van der Waals surface area contributed by atoms with E-state index in [2.05, 4.69) is 27.1 Å². The van der Waals surface area contributed by atoms with Gasteiger partial charge in [0.15, 0.2) is 5.65 Å². The maximum atomic E-state index is 4.16. The van der Waals surface area contributed by atoms with Crippen molar-refractivity contribution in [2.45, 2.75) is 13.3 Å². The van der Waals surface area contributed by atoms with Crippen LogP contribution in [0, 0.1) is 0 Å². The van der Waals surface area contributed by atoms with Crippen LogP contribution in [0.1, 0.15) is 12.6 Å². The number of aromatic amines is 1. The molecule has 4 nitrogen and oxygen atoms in total. The maximum Gasteiger partial charge on any atom is 0.199 e. The normalized spacial score (nSPS) is 10.6. The van der Waals surface area contributed by atoms with E-state index in [1.807, 2.05) is 0 Å². The van der Waals surface area contributed by atoms with Crippen molar-refractivity contribution >= 4 is 11.2 Å². The molecule has 2 rings (SSSR count). The van der Waals surface area contributed by atoms with Gasteiger partial charge in [0, 0.05) is 12.4 Å². The molecule has 1 N–H and O–H groups in total. The van der Waals surface area contributed by atoms with E-state index in [9.17, 15) is 0 Å². The molecule has 0 aromatic carbocycles. The second-order valence-corrected chi connectivity index (χ2v) is 2.28. The summed E-state index contributed by atoms with van der Waals surface area (Å²) < 4.78 is 0. The van der Waals surface area contributed by atoms with E-state index in [0.717, 1.165) is 17.6 Å². The van der Waals surface area contributed by atoms with Gasteiger partial charge in [-0.1, -0.05) is 6.92 Å². The summed E-state index contributed by atoms with van der Waals surface area (Å²) in [5.41, 5.74) is 2.63. The molecule has 0 amide bonds. The number of nitrogens with zero attached hydrogens (tertiary/aromatic N) is 3. The summed E-state index contributed by atoms with van der Waals surface area (Å²) in [4.78, 5) is 8.20. The van der Waals surface area contributed by atoms with Crippen LogP contribution in [0.15, 0.2) is 12.4 Å². The van der Waals surface area contributed by atoms with Crippen LogP contribution < -0.4 is 0 Å². The molecule has 2 aromatic rings. The Labute approximate surface area is 63.7 Å². The van der Waals surface area contributed by atoms with E-state index in [1.165, 1.54) is 0 Å². The Kier molecular flexibility index (Phi) is 1.31. The van der Waals surface area contributed by atoms with Crippen LogP contribution in [-0.4, -0.2) is 20.2 Å². The van der Waals surface area contributed by atoms with Crippen molar-refractivity contribution in [3.63, 3.8) is 0 Å². The molecule has 0 aliphatic heterocycles. The van der Waals surface area contributed by atoms with Gasteiger partial charge in [-0.2, -0.15) is 5.10 Å². The first-order valence-electron chi connectivity index (χ1n) is 3.55. The molecule has 0 radical (unpaired) electrons. The molecule has 2 aromatic heterocycles. The fourth-order valence-electron chi connectivity index (χ4n) is 1.05. The molecule has 0 aliphatic rings. The molecule has 0 aliphatic carbocycles. The summed E-state index contributed by atoms with van der Waals surface area (Å²) >= 11 is 0. The zero-order valence-electron chi connectivity index (χ0n) is 6.20. The highest BCUT2D eigenvalue weighted by molar-refractivity contribution is 5.71. The number of fused-ring (bicyclic) bond motifs is 1. The van der Waals surface area contributed by atoms with Gasteiger partial charge in [-0.05, 0) is 6.42 Å². The van der Waals surface area contributed by atoms with Crippen LogP contribution in [-0.2, 0) is 6.42 Å². The summed E-state index contributed by atoms with van der Waals surface area (Å²) in [6, 6.07) is 0. The van der Waals surface area contributed by atoms with Crippen molar-refractivity contribution in [3.8, 4) is 0 Å². The third-order valence-electron chi connectivity index (χ3n) is 1.62. The quantitative estimate of drug-likeness (QED) is 0.654. The van der Waals surface area contributed by atoms with Crippen molar-refractivity contribution in [1.29, 1.82) is 0 Å². The molecule has 2 heterocycles. The van der Waals surface area contributed by atoms with Gasteiger partial charge in [-0.3, -0.25) is 5.10 Å². The highest BCUT2D eigenvalue weighted by Gasteiger charge is 2.02. The predicted octanol–water partition coefficient (Wildman–Crippen LogP) is 0.915. The van der Waals surface area contributed by atoms with Gasteiger partial charge < -0.3 is 0 Å². The second-order valence-electron chi connectivity index (χ2n) is 2.28. The van der Waals surface area contributed by atoms with E-state index in [-0.39, 0.29) is 0 Å². The van der Waals surface area contributed by atoms with Crippen LogP contribution >= 0.6 is 0 Å². The molecule has 0 saturated carbocycles. The number of hydrogen-bond acceptors (Lipinski definition) is 3. The molecular weight excluding hydrogens is 140 g/mol. The molecule has 0 bridgehead atoms. The lowest BCUT2D eigenvalue weighted by atomic mass is 10.3. The van der Waals surface area contributed by atoms with Crippen molar-refractivity contribution in [2.24, 2.45) is 0 Å². The van der Waals surface area contributed by atoms with Gasteiger partial charge in [0.05, 0.1) is 5.69 Å². The fraction of sp³-hybridized carbons (Fsp3) is 0.286. The first-order valence-corrected chi connectivity index (χ1v) is 3.55. The topological polar surface area (TPSA) is 54.5 Å². The minimum absolute atomic E-state index is 0.698. The lowest BCUT2D eigenvalue weighted by molar-refractivity contribution is 0.982. The summed E-state index contributed by atoms with van der Waals surface area (Å²) in [6.45, 7) is 2.06. The Hall–Kier alpha value is -1.45. The van der Waals surface area contributed by atoms with Crippen molar-refractivity contribution < 1.29 is 0 Å². The van der Waals surface area contributed by atoms with Crippen molar-refractivity contribution in [2.75, 3.05) is 0 Å². The van der Waals surface area contributed by atoms with Gasteiger partial charge in [0.2, 0.25) is 0 Å². The highest BCUT2D eigenvalue weighted by Crippen LogP contribution is 2.08. The standard InChI is InChI=1S/C7H8N4/c1-2-5-6-7(11-10-5)9-4-3-8-6/h3-4H,2H2,1H3,(H,9,10,11). The summed E-state index contributed by atoms with van der Waals surface area (Å²) in [7, 11) is 0. The zero-order valence-corrected chi connectivity index (χ0v) is 6.20. The van der Waals surface area contributed by atoms with Crippen molar-refractivity contribution in [1.82, 2.24) is 20.2 Å². The minimum atomic E-state index is 0.698. The van der Waals surface area contributed by atoms with Gasteiger partial charge in [-0.15, -0.1) is 0 Å². The minimum Gasteiger partial charge on any atom is -0.278 e. The molecule has 0 fully saturated rings. The number of H-pyrrole nitrogens is 1. The van der Waals surface area contributed by atoms with Crippen molar-refractivity contribution in [3.05, 3.63) is 18.1 Å². The Bertz CT molecular complexity index is 365. The molecule has 0 unspecified atom stereocenters. The van der Waals surface area contributed by atoms with E-state index < -0.39 is 0 Å². The Balaban J connectivity index is 2.76. The lowest BCUT2D eigenvalue weighted by Crippen LogP contribution is -1.82. The van der Waals surface area contributed by atoms with E-state index >= 15 is 0 Å².